The maximum Gasteiger partial charge on any atom is 0.252 e. The average molecular weight is 315 g/mol. The molecule has 0 aromatic heterocycles. The minimum atomic E-state index is -0.403. The molecule has 1 aliphatic heterocycles. The van der Waals surface area contributed by atoms with Gasteiger partial charge in [-0.25, -0.2) is 0 Å². The summed E-state index contributed by atoms with van der Waals surface area (Å²) in [4.78, 5) is 15.9. The fourth-order valence-electron chi connectivity index (χ4n) is 2.81. The van der Waals surface area contributed by atoms with Gasteiger partial charge in [-0.1, -0.05) is 30.3 Å². The van der Waals surface area contributed by atoms with Gasteiger partial charge in [-0.15, -0.1) is 0 Å². The van der Waals surface area contributed by atoms with Gasteiger partial charge in [0.1, 0.15) is 0 Å². The lowest BCUT2D eigenvalue weighted by molar-refractivity contribution is 0.108. The minimum Gasteiger partial charge on any atom is -0.369 e. The van der Waals surface area contributed by atoms with Gasteiger partial charge in [0, 0.05) is 44.0 Å². The first-order valence-corrected chi connectivity index (χ1v) is 7.91. The van der Waals surface area contributed by atoms with Crippen molar-refractivity contribution in [3.63, 3.8) is 0 Å². The van der Waals surface area contributed by atoms with Crippen LogP contribution in [0.3, 0.4) is 0 Å². The quantitative estimate of drug-likeness (QED) is 0.808. The molecule has 114 valence electrons. The number of hydrogen-bond donors (Lipinski definition) is 0. The van der Waals surface area contributed by atoms with Gasteiger partial charge >= 0.3 is 0 Å². The van der Waals surface area contributed by atoms with Crippen LogP contribution in [0.5, 0.6) is 0 Å². The molecule has 0 unspecified atom stereocenters. The van der Waals surface area contributed by atoms with Crippen molar-refractivity contribution in [1.82, 2.24) is 4.90 Å². The predicted molar refractivity (Wildman–Crippen MR) is 90.6 cm³/mol. The third-order valence-corrected chi connectivity index (χ3v) is 4.30. The maximum absolute atomic E-state index is 11.1. The molecule has 0 N–H and O–H groups in total. The summed E-state index contributed by atoms with van der Waals surface area (Å²) >= 11 is 5.48. The van der Waals surface area contributed by atoms with E-state index in [0.29, 0.717) is 5.56 Å². The monoisotopic (exact) mass is 314 g/mol. The number of benzene rings is 2. The van der Waals surface area contributed by atoms with Crippen molar-refractivity contribution in [2.24, 2.45) is 0 Å². The number of hydrogen-bond acceptors (Lipinski definition) is 3. The minimum absolute atomic E-state index is 0.403. The second-order valence-electron chi connectivity index (χ2n) is 5.57. The molecule has 2 aromatic carbocycles. The van der Waals surface area contributed by atoms with Crippen LogP contribution in [0.15, 0.2) is 54.6 Å². The van der Waals surface area contributed by atoms with Gasteiger partial charge in [-0.2, -0.15) is 0 Å². The van der Waals surface area contributed by atoms with E-state index in [0.717, 1.165) is 38.4 Å². The van der Waals surface area contributed by atoms with Gasteiger partial charge in [0.15, 0.2) is 0 Å². The molecule has 0 saturated carbocycles. The molecular formula is C18H19ClN2O. The summed E-state index contributed by atoms with van der Waals surface area (Å²) < 4.78 is 0. The molecule has 4 heteroatoms. The number of halogens is 1. The molecule has 2 aromatic rings. The van der Waals surface area contributed by atoms with Gasteiger partial charge in [0.2, 0.25) is 0 Å². The van der Waals surface area contributed by atoms with Crippen LogP contribution in [-0.4, -0.2) is 36.3 Å². The Labute approximate surface area is 136 Å². The Morgan fingerprint density at radius 3 is 2.14 bits per heavy atom. The zero-order valence-corrected chi connectivity index (χ0v) is 13.2. The van der Waals surface area contributed by atoms with Crippen molar-refractivity contribution < 1.29 is 4.79 Å². The largest absolute Gasteiger partial charge is 0.369 e. The smallest absolute Gasteiger partial charge is 0.252 e. The SMILES string of the molecule is O=C(Cl)c1ccc(N2CCN(Cc3ccccc3)CC2)cc1. The molecule has 0 aliphatic carbocycles. The Hall–Kier alpha value is -1.84. The van der Waals surface area contributed by atoms with Gasteiger partial charge in [-0.3, -0.25) is 9.69 Å². The lowest BCUT2D eigenvalue weighted by atomic mass is 10.1. The molecule has 3 rings (SSSR count). The Morgan fingerprint density at radius 1 is 0.909 bits per heavy atom. The van der Waals surface area contributed by atoms with E-state index in [1.165, 1.54) is 5.56 Å². The van der Waals surface area contributed by atoms with Crippen molar-refractivity contribution in [2.45, 2.75) is 6.54 Å². The second kappa shape index (κ2) is 6.95. The molecule has 3 nitrogen and oxygen atoms in total. The molecule has 0 atom stereocenters. The topological polar surface area (TPSA) is 23.6 Å². The van der Waals surface area contributed by atoms with E-state index in [4.69, 9.17) is 11.6 Å². The zero-order valence-electron chi connectivity index (χ0n) is 12.4. The first kappa shape index (κ1) is 15.1. The van der Waals surface area contributed by atoms with Crippen molar-refractivity contribution in [3.8, 4) is 0 Å². The molecule has 1 aliphatic rings. The van der Waals surface area contributed by atoms with E-state index in [1.54, 1.807) is 12.1 Å². The third kappa shape index (κ3) is 3.67. The van der Waals surface area contributed by atoms with Gasteiger partial charge in [0.05, 0.1) is 0 Å². The van der Waals surface area contributed by atoms with Crippen LogP contribution >= 0.6 is 11.6 Å². The number of nitrogens with zero attached hydrogens (tertiary/aromatic N) is 2. The lowest BCUT2D eigenvalue weighted by Gasteiger charge is -2.36. The Balaban J connectivity index is 1.56. The van der Waals surface area contributed by atoms with Crippen LogP contribution in [0, 0.1) is 0 Å². The maximum atomic E-state index is 11.1. The molecule has 1 fully saturated rings. The molecule has 0 amide bonds. The van der Waals surface area contributed by atoms with E-state index >= 15 is 0 Å². The summed E-state index contributed by atoms with van der Waals surface area (Å²) in [6, 6.07) is 18.1. The molecule has 22 heavy (non-hydrogen) atoms. The van der Waals surface area contributed by atoms with Crippen LogP contribution in [0.2, 0.25) is 0 Å². The first-order valence-electron chi connectivity index (χ1n) is 7.53. The van der Waals surface area contributed by atoms with E-state index in [9.17, 15) is 4.79 Å². The summed E-state index contributed by atoms with van der Waals surface area (Å²) in [5, 5.41) is -0.403. The molecule has 1 saturated heterocycles. The summed E-state index contributed by atoms with van der Waals surface area (Å²) in [5.74, 6) is 0. The van der Waals surface area contributed by atoms with Crippen LogP contribution in [0.25, 0.3) is 0 Å². The Bertz CT molecular complexity index is 619. The third-order valence-electron chi connectivity index (χ3n) is 4.08. The van der Waals surface area contributed by atoms with Crippen molar-refractivity contribution in [1.29, 1.82) is 0 Å². The van der Waals surface area contributed by atoms with Gasteiger partial charge in [0.25, 0.3) is 5.24 Å². The van der Waals surface area contributed by atoms with E-state index in [1.807, 2.05) is 12.1 Å². The highest BCUT2D eigenvalue weighted by Gasteiger charge is 2.17. The van der Waals surface area contributed by atoms with Crippen molar-refractivity contribution in [3.05, 3.63) is 65.7 Å². The Morgan fingerprint density at radius 2 is 1.55 bits per heavy atom. The van der Waals surface area contributed by atoms with Crippen LogP contribution < -0.4 is 4.90 Å². The fraction of sp³-hybridized carbons (Fsp3) is 0.278. The van der Waals surface area contributed by atoms with E-state index in [2.05, 4.69) is 40.1 Å². The normalized spacial score (nSPS) is 15.8. The number of carbonyl (C=O) groups excluding carboxylic acids is 1. The average Bonchev–Trinajstić information content (AvgIpc) is 2.57. The van der Waals surface area contributed by atoms with Crippen molar-refractivity contribution in [2.75, 3.05) is 31.1 Å². The highest BCUT2D eigenvalue weighted by Crippen LogP contribution is 2.19. The van der Waals surface area contributed by atoms with Crippen LogP contribution in [0.1, 0.15) is 15.9 Å². The number of piperazine rings is 1. The van der Waals surface area contributed by atoms with Crippen LogP contribution in [-0.2, 0) is 6.54 Å². The predicted octanol–water partition coefficient (Wildman–Crippen LogP) is 3.39. The van der Waals surface area contributed by atoms with Crippen molar-refractivity contribution >= 4 is 22.5 Å². The van der Waals surface area contributed by atoms with Crippen LogP contribution in [0.4, 0.5) is 5.69 Å². The van der Waals surface area contributed by atoms with E-state index in [-0.39, 0.29) is 0 Å². The zero-order chi connectivity index (χ0) is 15.4. The Kier molecular flexibility index (Phi) is 4.76. The second-order valence-corrected chi connectivity index (χ2v) is 5.91. The fourth-order valence-corrected chi connectivity index (χ4v) is 2.94. The standard InChI is InChI=1S/C18H19ClN2O/c19-18(22)16-6-8-17(9-7-16)21-12-10-20(11-13-21)14-15-4-2-1-3-5-15/h1-9H,10-14H2. The van der Waals surface area contributed by atoms with Gasteiger partial charge < -0.3 is 4.90 Å². The highest BCUT2D eigenvalue weighted by atomic mass is 35.5. The molecule has 1 heterocycles. The molecular weight excluding hydrogens is 296 g/mol. The summed E-state index contributed by atoms with van der Waals surface area (Å²) in [6.45, 7) is 5.10. The number of rotatable bonds is 4. The van der Waals surface area contributed by atoms with E-state index < -0.39 is 5.24 Å². The molecule has 0 bridgehead atoms. The highest BCUT2D eigenvalue weighted by molar-refractivity contribution is 6.67. The number of anilines is 1. The summed E-state index contributed by atoms with van der Waals surface area (Å²) in [6.07, 6.45) is 0. The first-order chi connectivity index (χ1) is 10.7. The number of carbonyl (C=O) groups is 1. The summed E-state index contributed by atoms with van der Waals surface area (Å²) in [7, 11) is 0. The lowest BCUT2D eigenvalue weighted by Crippen LogP contribution is -2.45. The molecule has 0 radical (unpaired) electrons. The molecule has 0 spiro atoms. The van der Waals surface area contributed by atoms with Gasteiger partial charge in [-0.05, 0) is 41.4 Å². The summed E-state index contributed by atoms with van der Waals surface area (Å²) in [5.41, 5.74) is 3.06.